The first-order chi connectivity index (χ1) is 8.61. The number of amidine groups is 1. The highest BCUT2D eigenvalue weighted by Crippen LogP contribution is 2.20. The van der Waals surface area contributed by atoms with E-state index in [2.05, 4.69) is 9.88 Å². The number of nitrogens with two attached hydrogens (primary N) is 1. The second-order valence-corrected chi connectivity index (χ2v) is 4.46. The van der Waals surface area contributed by atoms with E-state index in [1.807, 2.05) is 6.92 Å². The molecule has 1 aliphatic heterocycles. The Morgan fingerprint density at radius 2 is 2.50 bits per heavy atom. The van der Waals surface area contributed by atoms with Gasteiger partial charge in [0.2, 0.25) is 0 Å². The molecular weight excluding hydrogens is 232 g/mol. The molecule has 1 aromatic heterocycles. The summed E-state index contributed by atoms with van der Waals surface area (Å²) >= 11 is 0. The zero-order valence-electron chi connectivity index (χ0n) is 10.3. The van der Waals surface area contributed by atoms with Crippen molar-refractivity contribution in [1.29, 1.82) is 5.41 Å². The number of hydrogen-bond acceptors (Lipinski definition) is 5. The molecule has 0 spiro atoms. The Hall–Kier alpha value is -1.66. The van der Waals surface area contributed by atoms with E-state index >= 15 is 0 Å². The lowest BCUT2D eigenvalue weighted by atomic mass is 10.1. The van der Waals surface area contributed by atoms with E-state index < -0.39 is 0 Å². The summed E-state index contributed by atoms with van der Waals surface area (Å²) in [6, 6.07) is 3.68. The number of nitrogens with one attached hydrogen (secondary N) is 1. The van der Waals surface area contributed by atoms with Crippen molar-refractivity contribution in [2.75, 3.05) is 24.7 Å². The van der Waals surface area contributed by atoms with Crippen LogP contribution in [0.15, 0.2) is 18.3 Å². The minimum Gasteiger partial charge on any atom is -0.394 e. The van der Waals surface area contributed by atoms with E-state index in [1.165, 1.54) is 0 Å². The molecule has 2 atom stereocenters. The molecule has 2 heterocycles. The highest BCUT2D eigenvalue weighted by atomic mass is 16.5. The molecule has 0 radical (unpaired) electrons. The summed E-state index contributed by atoms with van der Waals surface area (Å²) in [6.07, 6.45) is 1.45. The number of aliphatic hydroxyl groups is 1. The van der Waals surface area contributed by atoms with Crippen LogP contribution in [0.2, 0.25) is 0 Å². The quantitative estimate of drug-likeness (QED) is 0.516. The summed E-state index contributed by atoms with van der Waals surface area (Å²) in [5.41, 5.74) is 6.12. The molecule has 6 nitrogen and oxygen atoms in total. The largest absolute Gasteiger partial charge is 0.394 e. The Morgan fingerprint density at radius 1 is 1.72 bits per heavy atom. The first-order valence-corrected chi connectivity index (χ1v) is 5.91. The first-order valence-electron chi connectivity index (χ1n) is 5.91. The van der Waals surface area contributed by atoms with Crippen LogP contribution < -0.4 is 10.6 Å². The van der Waals surface area contributed by atoms with Gasteiger partial charge in [0.25, 0.3) is 0 Å². The van der Waals surface area contributed by atoms with Gasteiger partial charge in [0.15, 0.2) is 0 Å². The summed E-state index contributed by atoms with van der Waals surface area (Å²) in [7, 11) is 0. The Morgan fingerprint density at radius 3 is 3.17 bits per heavy atom. The molecule has 2 rings (SSSR count). The van der Waals surface area contributed by atoms with Crippen LogP contribution in [0.5, 0.6) is 0 Å². The van der Waals surface area contributed by atoms with Crippen molar-refractivity contribution < 1.29 is 9.84 Å². The first kappa shape index (κ1) is 12.8. The van der Waals surface area contributed by atoms with Crippen LogP contribution in [-0.2, 0) is 4.74 Å². The average Bonchev–Trinajstić information content (AvgIpc) is 2.39. The number of ether oxygens (including phenoxy) is 1. The van der Waals surface area contributed by atoms with Gasteiger partial charge >= 0.3 is 0 Å². The summed E-state index contributed by atoms with van der Waals surface area (Å²) < 4.78 is 5.48. The zero-order chi connectivity index (χ0) is 13.1. The fraction of sp³-hybridized carbons (Fsp3) is 0.500. The van der Waals surface area contributed by atoms with E-state index in [4.69, 9.17) is 21.0 Å². The van der Waals surface area contributed by atoms with E-state index in [9.17, 15) is 0 Å². The van der Waals surface area contributed by atoms with Gasteiger partial charge in [0, 0.05) is 18.3 Å². The van der Waals surface area contributed by atoms with Crippen molar-refractivity contribution in [3.05, 3.63) is 23.9 Å². The van der Waals surface area contributed by atoms with Gasteiger partial charge in [-0.25, -0.2) is 4.98 Å². The van der Waals surface area contributed by atoms with Crippen LogP contribution in [0.1, 0.15) is 12.5 Å². The Labute approximate surface area is 106 Å². The van der Waals surface area contributed by atoms with Gasteiger partial charge in [0.05, 0.1) is 25.4 Å². The zero-order valence-corrected chi connectivity index (χ0v) is 10.3. The van der Waals surface area contributed by atoms with Crippen LogP contribution in [0.25, 0.3) is 0 Å². The second kappa shape index (κ2) is 5.32. The van der Waals surface area contributed by atoms with E-state index in [-0.39, 0.29) is 24.6 Å². The van der Waals surface area contributed by atoms with Crippen molar-refractivity contribution in [2.45, 2.75) is 19.1 Å². The lowest BCUT2D eigenvalue weighted by Gasteiger charge is -2.38. The van der Waals surface area contributed by atoms with Crippen molar-refractivity contribution in [2.24, 2.45) is 5.73 Å². The lowest BCUT2D eigenvalue weighted by Crippen LogP contribution is -2.50. The lowest BCUT2D eigenvalue weighted by molar-refractivity contribution is -0.0105. The van der Waals surface area contributed by atoms with Gasteiger partial charge in [0.1, 0.15) is 11.7 Å². The monoisotopic (exact) mass is 250 g/mol. The Balaban J connectivity index is 2.23. The Kier molecular flexibility index (Phi) is 3.78. The maximum absolute atomic E-state index is 9.16. The van der Waals surface area contributed by atoms with Crippen molar-refractivity contribution >= 4 is 11.7 Å². The van der Waals surface area contributed by atoms with Gasteiger partial charge in [-0.1, -0.05) is 0 Å². The van der Waals surface area contributed by atoms with Gasteiger partial charge < -0.3 is 20.5 Å². The summed E-state index contributed by atoms with van der Waals surface area (Å²) in [5.74, 6) is 0.787. The van der Waals surface area contributed by atoms with Crippen LogP contribution in [0, 0.1) is 5.41 Å². The molecule has 4 N–H and O–H groups in total. The molecule has 1 fully saturated rings. The fourth-order valence-corrected chi connectivity index (χ4v) is 1.99. The molecule has 0 amide bonds. The van der Waals surface area contributed by atoms with E-state index in [0.29, 0.717) is 18.7 Å². The number of aromatic nitrogens is 1. The smallest absolute Gasteiger partial charge is 0.129 e. The number of rotatable bonds is 3. The average molecular weight is 250 g/mol. The number of morpholine rings is 1. The Bertz CT molecular complexity index is 438. The third-order valence-corrected chi connectivity index (χ3v) is 3.06. The predicted octanol–water partition coefficient (Wildman–Crippen LogP) is -0.0483. The molecular formula is C12H18N4O2. The number of nitrogen functional groups attached to an aromatic ring is 1. The second-order valence-electron chi connectivity index (χ2n) is 4.46. The predicted molar refractivity (Wildman–Crippen MR) is 68.9 cm³/mol. The van der Waals surface area contributed by atoms with Gasteiger partial charge in [-0.2, -0.15) is 0 Å². The molecule has 0 aliphatic carbocycles. The number of aliphatic hydroxyl groups excluding tert-OH is 1. The number of pyridine rings is 1. The molecule has 98 valence electrons. The molecule has 1 saturated heterocycles. The number of hydrogen-bond donors (Lipinski definition) is 3. The van der Waals surface area contributed by atoms with Gasteiger partial charge in [-0.3, -0.25) is 5.41 Å². The topological polar surface area (TPSA) is 95.5 Å². The van der Waals surface area contributed by atoms with Crippen LogP contribution in [0.3, 0.4) is 0 Å². The maximum atomic E-state index is 9.16. The molecule has 18 heavy (non-hydrogen) atoms. The van der Waals surface area contributed by atoms with Crippen molar-refractivity contribution in [3.63, 3.8) is 0 Å². The number of nitrogens with zero attached hydrogens (tertiary/aromatic N) is 2. The summed E-state index contributed by atoms with van der Waals surface area (Å²) in [5, 5.41) is 16.6. The molecule has 2 unspecified atom stereocenters. The van der Waals surface area contributed by atoms with E-state index in [0.717, 1.165) is 5.82 Å². The molecule has 1 aromatic rings. The standard InChI is InChI=1S/C12H18N4O2/c1-8-7-18-10(6-17)5-16(8)11-4-9(12(13)14)2-3-15-11/h2-4,8,10,17H,5-7H2,1H3,(H3,13,14). The van der Waals surface area contributed by atoms with Crippen LogP contribution in [0.4, 0.5) is 5.82 Å². The molecule has 0 bridgehead atoms. The van der Waals surface area contributed by atoms with Crippen LogP contribution in [-0.4, -0.2) is 47.8 Å². The molecule has 6 heteroatoms. The molecule has 0 aromatic carbocycles. The fourth-order valence-electron chi connectivity index (χ4n) is 1.99. The van der Waals surface area contributed by atoms with Gasteiger partial charge in [-0.15, -0.1) is 0 Å². The maximum Gasteiger partial charge on any atom is 0.129 e. The molecule has 0 saturated carbocycles. The third-order valence-electron chi connectivity index (χ3n) is 3.06. The third kappa shape index (κ3) is 2.60. The minimum absolute atomic E-state index is 0.00435. The van der Waals surface area contributed by atoms with Gasteiger partial charge in [-0.05, 0) is 19.1 Å². The normalized spacial score (nSPS) is 24.0. The highest BCUT2D eigenvalue weighted by Gasteiger charge is 2.26. The van der Waals surface area contributed by atoms with Crippen molar-refractivity contribution in [1.82, 2.24) is 4.98 Å². The molecule has 1 aliphatic rings. The van der Waals surface area contributed by atoms with Crippen LogP contribution >= 0.6 is 0 Å². The summed E-state index contributed by atoms with van der Waals surface area (Å²) in [6.45, 7) is 3.18. The summed E-state index contributed by atoms with van der Waals surface area (Å²) in [4.78, 5) is 6.37. The van der Waals surface area contributed by atoms with E-state index in [1.54, 1.807) is 18.3 Å². The highest BCUT2D eigenvalue weighted by molar-refractivity contribution is 5.95. The minimum atomic E-state index is -0.191. The number of anilines is 1. The van der Waals surface area contributed by atoms with Crippen molar-refractivity contribution in [3.8, 4) is 0 Å². The SMILES string of the molecule is CC1COC(CO)CN1c1cc(C(=N)N)ccn1.